The van der Waals surface area contributed by atoms with Crippen LogP contribution in [0.1, 0.15) is 33.1 Å². The van der Waals surface area contributed by atoms with Crippen molar-refractivity contribution < 1.29 is 9.84 Å². The Balaban J connectivity index is 2.21. The highest BCUT2D eigenvalue weighted by Crippen LogP contribution is 2.25. The van der Waals surface area contributed by atoms with Crippen molar-refractivity contribution in [1.29, 1.82) is 0 Å². The number of ether oxygens (including phenoxy) is 1. The van der Waals surface area contributed by atoms with Crippen LogP contribution >= 0.6 is 11.8 Å². The molecule has 96 valence electrons. The molecule has 0 aromatic heterocycles. The van der Waals surface area contributed by atoms with E-state index >= 15 is 0 Å². The topological polar surface area (TPSA) is 41.5 Å². The Morgan fingerprint density at radius 2 is 2.38 bits per heavy atom. The Morgan fingerprint density at radius 1 is 1.62 bits per heavy atom. The molecule has 1 aliphatic rings. The van der Waals surface area contributed by atoms with Gasteiger partial charge in [0.15, 0.2) is 0 Å². The lowest BCUT2D eigenvalue weighted by atomic mass is 9.97. The van der Waals surface area contributed by atoms with Gasteiger partial charge in [-0.25, -0.2) is 0 Å². The summed E-state index contributed by atoms with van der Waals surface area (Å²) >= 11 is 1.96. The Bertz CT molecular complexity index is 191. The average molecular weight is 247 g/mol. The first kappa shape index (κ1) is 14.3. The van der Waals surface area contributed by atoms with E-state index in [0.717, 1.165) is 18.8 Å². The van der Waals surface area contributed by atoms with Crippen LogP contribution in [0.2, 0.25) is 0 Å². The number of rotatable bonds is 7. The first-order valence-electron chi connectivity index (χ1n) is 6.12. The number of thioether (sulfide) groups is 1. The minimum absolute atomic E-state index is 0.150. The standard InChI is InChI=1S/C12H25NO2S/c1-10(7-12(2,9-14)13-3)16-8-11-5-4-6-15-11/h10-11,13-14H,4-9H2,1-3H3. The molecule has 0 amide bonds. The van der Waals surface area contributed by atoms with E-state index in [0.29, 0.717) is 11.4 Å². The lowest BCUT2D eigenvalue weighted by Gasteiger charge is -2.30. The third-order valence-electron chi connectivity index (χ3n) is 3.28. The van der Waals surface area contributed by atoms with Crippen LogP contribution in [0.3, 0.4) is 0 Å². The second kappa shape index (κ2) is 6.84. The summed E-state index contributed by atoms with van der Waals surface area (Å²) in [7, 11) is 1.91. The molecule has 1 fully saturated rings. The summed E-state index contributed by atoms with van der Waals surface area (Å²) in [6, 6.07) is 0. The third-order valence-corrected chi connectivity index (χ3v) is 4.58. The molecule has 3 atom stereocenters. The summed E-state index contributed by atoms with van der Waals surface area (Å²) in [6.07, 6.45) is 3.87. The monoisotopic (exact) mass is 247 g/mol. The van der Waals surface area contributed by atoms with Crippen molar-refractivity contribution >= 4 is 11.8 Å². The maximum atomic E-state index is 9.32. The van der Waals surface area contributed by atoms with Crippen LogP contribution in [0, 0.1) is 0 Å². The lowest BCUT2D eigenvalue weighted by molar-refractivity contribution is 0.128. The van der Waals surface area contributed by atoms with Crippen molar-refractivity contribution in [3.8, 4) is 0 Å². The van der Waals surface area contributed by atoms with Crippen LogP contribution < -0.4 is 5.32 Å². The van der Waals surface area contributed by atoms with Crippen molar-refractivity contribution in [2.24, 2.45) is 0 Å². The fraction of sp³-hybridized carbons (Fsp3) is 1.00. The van der Waals surface area contributed by atoms with Gasteiger partial charge in [0.05, 0.1) is 12.7 Å². The molecular weight excluding hydrogens is 222 g/mol. The maximum Gasteiger partial charge on any atom is 0.0666 e. The van der Waals surface area contributed by atoms with Crippen molar-refractivity contribution in [2.75, 3.05) is 26.0 Å². The summed E-state index contributed by atoms with van der Waals surface area (Å²) in [5.41, 5.74) is -0.150. The van der Waals surface area contributed by atoms with Crippen LogP contribution in [-0.4, -0.2) is 48.0 Å². The van der Waals surface area contributed by atoms with E-state index in [2.05, 4.69) is 19.2 Å². The zero-order valence-corrected chi connectivity index (χ0v) is 11.5. The molecular formula is C12H25NO2S. The zero-order chi connectivity index (χ0) is 12.0. The zero-order valence-electron chi connectivity index (χ0n) is 10.7. The molecule has 1 heterocycles. The smallest absolute Gasteiger partial charge is 0.0666 e. The highest BCUT2D eigenvalue weighted by molar-refractivity contribution is 7.99. The Hall–Kier alpha value is 0.230. The molecule has 4 heteroatoms. The molecule has 0 aromatic rings. The fourth-order valence-corrected chi connectivity index (χ4v) is 3.28. The van der Waals surface area contributed by atoms with Crippen LogP contribution in [0.15, 0.2) is 0 Å². The summed E-state index contributed by atoms with van der Waals surface area (Å²) in [5, 5.41) is 13.1. The Kier molecular flexibility index (Phi) is 6.11. The predicted molar refractivity (Wildman–Crippen MR) is 70.1 cm³/mol. The van der Waals surface area contributed by atoms with Gasteiger partial charge in [-0.3, -0.25) is 0 Å². The van der Waals surface area contributed by atoms with Gasteiger partial charge < -0.3 is 15.2 Å². The highest BCUT2D eigenvalue weighted by atomic mass is 32.2. The number of nitrogens with one attached hydrogen (secondary N) is 1. The molecule has 1 rings (SSSR count). The van der Waals surface area contributed by atoms with Crippen LogP contribution in [-0.2, 0) is 4.74 Å². The van der Waals surface area contributed by atoms with Gasteiger partial charge in [0, 0.05) is 23.1 Å². The van der Waals surface area contributed by atoms with Gasteiger partial charge in [0.1, 0.15) is 0 Å². The second-order valence-electron chi connectivity index (χ2n) is 4.95. The van der Waals surface area contributed by atoms with Gasteiger partial charge in [-0.05, 0) is 33.2 Å². The molecule has 1 saturated heterocycles. The maximum absolute atomic E-state index is 9.32. The molecule has 0 radical (unpaired) electrons. The molecule has 0 aliphatic carbocycles. The number of likely N-dealkylation sites (N-methyl/N-ethyl adjacent to an activating group) is 1. The predicted octanol–water partition coefficient (Wildman–Crippen LogP) is 1.65. The van der Waals surface area contributed by atoms with Crippen molar-refractivity contribution in [1.82, 2.24) is 5.32 Å². The van der Waals surface area contributed by atoms with E-state index in [9.17, 15) is 5.11 Å². The van der Waals surface area contributed by atoms with Crippen molar-refractivity contribution in [2.45, 2.75) is 50.0 Å². The molecule has 3 nitrogen and oxygen atoms in total. The van der Waals surface area contributed by atoms with E-state index in [-0.39, 0.29) is 12.1 Å². The summed E-state index contributed by atoms with van der Waals surface area (Å²) in [6.45, 7) is 5.42. The van der Waals surface area contributed by atoms with Gasteiger partial charge in [-0.2, -0.15) is 11.8 Å². The minimum atomic E-state index is -0.150. The Morgan fingerprint density at radius 3 is 2.88 bits per heavy atom. The van der Waals surface area contributed by atoms with Gasteiger partial charge in [0.25, 0.3) is 0 Å². The molecule has 0 spiro atoms. The SMILES string of the molecule is CNC(C)(CO)CC(C)SCC1CCCO1. The highest BCUT2D eigenvalue weighted by Gasteiger charge is 2.25. The molecule has 0 aromatic carbocycles. The van der Waals surface area contributed by atoms with Gasteiger partial charge in [0.2, 0.25) is 0 Å². The van der Waals surface area contributed by atoms with Gasteiger partial charge in [-0.15, -0.1) is 0 Å². The second-order valence-corrected chi connectivity index (χ2v) is 6.42. The summed E-state index contributed by atoms with van der Waals surface area (Å²) in [4.78, 5) is 0. The average Bonchev–Trinajstić information content (AvgIpc) is 2.79. The molecule has 1 aliphatic heterocycles. The molecule has 0 saturated carbocycles. The Labute approximate surface area is 103 Å². The largest absolute Gasteiger partial charge is 0.394 e. The van der Waals surface area contributed by atoms with Gasteiger partial charge in [-0.1, -0.05) is 6.92 Å². The minimum Gasteiger partial charge on any atom is -0.394 e. The molecule has 2 N–H and O–H groups in total. The lowest BCUT2D eigenvalue weighted by Crippen LogP contribution is -2.45. The van der Waals surface area contributed by atoms with Crippen molar-refractivity contribution in [3.05, 3.63) is 0 Å². The first-order chi connectivity index (χ1) is 7.59. The van der Waals surface area contributed by atoms with E-state index in [1.807, 2.05) is 18.8 Å². The summed E-state index contributed by atoms with van der Waals surface area (Å²) in [5.74, 6) is 1.09. The number of hydrogen-bond acceptors (Lipinski definition) is 4. The normalized spacial score (nSPS) is 26.6. The number of aliphatic hydroxyl groups is 1. The fourth-order valence-electron chi connectivity index (χ4n) is 1.99. The molecule has 3 unspecified atom stereocenters. The van der Waals surface area contributed by atoms with E-state index < -0.39 is 0 Å². The van der Waals surface area contributed by atoms with E-state index in [1.165, 1.54) is 12.8 Å². The van der Waals surface area contributed by atoms with Crippen LogP contribution in [0.4, 0.5) is 0 Å². The summed E-state index contributed by atoms with van der Waals surface area (Å²) < 4.78 is 5.60. The van der Waals surface area contributed by atoms with E-state index in [4.69, 9.17) is 4.74 Å². The molecule has 16 heavy (non-hydrogen) atoms. The van der Waals surface area contributed by atoms with E-state index in [1.54, 1.807) is 0 Å². The first-order valence-corrected chi connectivity index (χ1v) is 7.17. The van der Waals surface area contributed by atoms with Gasteiger partial charge >= 0.3 is 0 Å². The van der Waals surface area contributed by atoms with Crippen LogP contribution in [0.5, 0.6) is 0 Å². The molecule has 0 bridgehead atoms. The van der Waals surface area contributed by atoms with Crippen LogP contribution in [0.25, 0.3) is 0 Å². The quantitative estimate of drug-likeness (QED) is 0.718. The number of hydrogen-bond donors (Lipinski definition) is 2. The third kappa shape index (κ3) is 4.62. The van der Waals surface area contributed by atoms with Crippen molar-refractivity contribution in [3.63, 3.8) is 0 Å². The number of aliphatic hydroxyl groups excluding tert-OH is 1.